The van der Waals surface area contributed by atoms with Crippen molar-refractivity contribution >= 4 is 27.6 Å². The topological polar surface area (TPSA) is 196 Å². The third kappa shape index (κ3) is 13.3. The number of nitrogens with zero attached hydrogens (tertiary/aromatic N) is 3. The predicted molar refractivity (Wildman–Crippen MR) is 166 cm³/mol. The van der Waals surface area contributed by atoms with Gasteiger partial charge < -0.3 is 21.7 Å². The Morgan fingerprint density at radius 3 is 2.02 bits per heavy atom. The highest BCUT2D eigenvalue weighted by Crippen LogP contribution is 2.12. The van der Waals surface area contributed by atoms with Crippen LogP contribution in [0.5, 0.6) is 0 Å². The Kier molecular flexibility index (Phi) is 14.1. The molecule has 0 aromatic heterocycles. The SMILES string of the molecule is CC(C)C[C@H](NC(=O)[C@H](Cc1ccccc1)N=[N+]=[N-])C(=O)N[C@@H](C)C(=O)N[C@H](CCS(C)(=O)=O)Cc1ccc(CN)cc1. The van der Waals surface area contributed by atoms with E-state index in [1.165, 1.54) is 6.92 Å². The van der Waals surface area contributed by atoms with Gasteiger partial charge >= 0.3 is 0 Å². The Labute approximate surface area is 253 Å². The van der Waals surface area contributed by atoms with Crippen molar-refractivity contribution in [1.29, 1.82) is 0 Å². The van der Waals surface area contributed by atoms with E-state index in [9.17, 15) is 22.8 Å². The fourth-order valence-corrected chi connectivity index (χ4v) is 5.15. The van der Waals surface area contributed by atoms with Crippen molar-refractivity contribution in [1.82, 2.24) is 16.0 Å². The largest absolute Gasteiger partial charge is 0.351 e. The van der Waals surface area contributed by atoms with E-state index in [1.807, 2.05) is 68.4 Å². The molecule has 0 heterocycles. The van der Waals surface area contributed by atoms with Gasteiger partial charge in [0.2, 0.25) is 17.7 Å². The van der Waals surface area contributed by atoms with Crippen LogP contribution >= 0.6 is 0 Å². The number of sulfone groups is 1. The van der Waals surface area contributed by atoms with E-state index in [0.717, 1.165) is 22.9 Å². The van der Waals surface area contributed by atoms with Gasteiger partial charge in [-0.25, -0.2) is 8.42 Å². The van der Waals surface area contributed by atoms with Gasteiger partial charge in [-0.2, -0.15) is 0 Å². The fraction of sp³-hybridized carbons (Fsp3) is 0.500. The van der Waals surface area contributed by atoms with E-state index < -0.39 is 51.7 Å². The molecule has 0 saturated heterocycles. The Morgan fingerprint density at radius 2 is 1.47 bits per heavy atom. The molecule has 0 fully saturated rings. The van der Waals surface area contributed by atoms with Crippen molar-refractivity contribution in [2.75, 3.05) is 12.0 Å². The summed E-state index contributed by atoms with van der Waals surface area (Å²) >= 11 is 0. The lowest BCUT2D eigenvalue weighted by Crippen LogP contribution is -2.55. The second kappa shape index (κ2) is 17.3. The van der Waals surface area contributed by atoms with Gasteiger partial charge in [-0.1, -0.05) is 73.6 Å². The van der Waals surface area contributed by atoms with Crippen LogP contribution in [0.15, 0.2) is 59.7 Å². The Morgan fingerprint density at radius 1 is 0.860 bits per heavy atom. The zero-order valence-electron chi connectivity index (χ0n) is 25.2. The molecule has 4 atom stereocenters. The van der Waals surface area contributed by atoms with E-state index in [4.69, 9.17) is 11.3 Å². The summed E-state index contributed by atoms with van der Waals surface area (Å²) in [6, 6.07) is 13.1. The highest BCUT2D eigenvalue weighted by Gasteiger charge is 2.29. The zero-order valence-corrected chi connectivity index (χ0v) is 26.0. The summed E-state index contributed by atoms with van der Waals surface area (Å²) < 4.78 is 23.7. The Hall–Kier alpha value is -3.93. The number of rotatable bonds is 17. The van der Waals surface area contributed by atoms with Crippen molar-refractivity contribution in [3.63, 3.8) is 0 Å². The standard InChI is InChI=1S/C30H43N7O5S/c1-20(2)16-26(35-30(40)27(36-37-32)18-22-8-6-5-7-9-22)29(39)33-21(3)28(38)34-25(14-15-43(4,41)42)17-23-10-12-24(19-31)13-11-23/h5-13,20-21,25-27H,14-19,31H2,1-4H3,(H,33,39)(H,34,38)(H,35,40)/t21-,25+,26-,27-/m0/s1. The van der Waals surface area contributed by atoms with E-state index in [2.05, 4.69) is 26.0 Å². The highest BCUT2D eigenvalue weighted by atomic mass is 32.2. The number of amides is 3. The predicted octanol–water partition coefficient (Wildman–Crippen LogP) is 2.56. The minimum atomic E-state index is -3.27. The summed E-state index contributed by atoms with van der Waals surface area (Å²) in [5.41, 5.74) is 17.3. The molecule has 0 aliphatic carbocycles. The number of carbonyl (C=O) groups excluding carboxylic acids is 3. The van der Waals surface area contributed by atoms with Gasteiger partial charge in [0.05, 0.1) is 5.75 Å². The monoisotopic (exact) mass is 613 g/mol. The summed E-state index contributed by atoms with van der Waals surface area (Å²) in [6.07, 6.45) is 2.17. The summed E-state index contributed by atoms with van der Waals surface area (Å²) in [5.74, 6) is -1.73. The molecule has 0 aliphatic heterocycles. The molecule has 2 aromatic carbocycles. The Bertz CT molecular complexity index is 1360. The number of hydrogen-bond acceptors (Lipinski definition) is 7. The minimum Gasteiger partial charge on any atom is -0.351 e. The molecule has 0 aliphatic rings. The van der Waals surface area contributed by atoms with Gasteiger partial charge in [0, 0.05) is 23.8 Å². The first kappa shape index (κ1) is 35.3. The maximum Gasteiger partial charge on any atom is 0.243 e. The number of carbonyl (C=O) groups is 3. The quantitative estimate of drug-likeness (QED) is 0.120. The lowest BCUT2D eigenvalue weighted by atomic mass is 10.0. The summed E-state index contributed by atoms with van der Waals surface area (Å²) in [7, 11) is -3.27. The van der Waals surface area contributed by atoms with Crippen LogP contribution in [0.2, 0.25) is 0 Å². The summed E-state index contributed by atoms with van der Waals surface area (Å²) in [5, 5.41) is 11.9. The molecule has 2 aromatic rings. The second-order valence-corrected chi connectivity index (χ2v) is 13.4. The molecular weight excluding hydrogens is 570 g/mol. The first-order chi connectivity index (χ1) is 20.3. The van der Waals surface area contributed by atoms with Crippen molar-refractivity contribution in [2.45, 2.75) is 77.2 Å². The third-order valence-corrected chi connectivity index (χ3v) is 7.76. The maximum absolute atomic E-state index is 13.3. The molecular formula is C30H43N7O5S. The van der Waals surface area contributed by atoms with Crippen LogP contribution < -0.4 is 21.7 Å². The van der Waals surface area contributed by atoms with Crippen LogP contribution in [0, 0.1) is 5.92 Å². The number of benzene rings is 2. The second-order valence-electron chi connectivity index (χ2n) is 11.2. The zero-order chi connectivity index (χ0) is 32.0. The van der Waals surface area contributed by atoms with Crippen LogP contribution in [0.3, 0.4) is 0 Å². The first-order valence-electron chi connectivity index (χ1n) is 14.3. The molecule has 2 rings (SSSR count). The minimum absolute atomic E-state index is 0.0262. The highest BCUT2D eigenvalue weighted by molar-refractivity contribution is 7.90. The van der Waals surface area contributed by atoms with Crippen LogP contribution in [-0.2, 0) is 43.6 Å². The van der Waals surface area contributed by atoms with Crippen LogP contribution in [0.4, 0.5) is 0 Å². The molecule has 13 heteroatoms. The van der Waals surface area contributed by atoms with Gasteiger partial charge in [0.25, 0.3) is 0 Å². The van der Waals surface area contributed by atoms with E-state index in [1.54, 1.807) is 0 Å². The average molecular weight is 614 g/mol. The van der Waals surface area contributed by atoms with E-state index >= 15 is 0 Å². The third-order valence-electron chi connectivity index (χ3n) is 6.78. The molecule has 12 nitrogen and oxygen atoms in total. The average Bonchev–Trinajstić information content (AvgIpc) is 2.95. The van der Waals surface area contributed by atoms with Gasteiger partial charge in [0.1, 0.15) is 28.0 Å². The molecule has 0 radical (unpaired) electrons. The van der Waals surface area contributed by atoms with Gasteiger partial charge in [-0.15, -0.1) is 0 Å². The fourth-order valence-electron chi connectivity index (χ4n) is 4.44. The van der Waals surface area contributed by atoms with Crippen LogP contribution in [-0.4, -0.2) is 62.3 Å². The molecule has 0 saturated carbocycles. The lowest BCUT2D eigenvalue weighted by Gasteiger charge is -2.25. The van der Waals surface area contributed by atoms with Gasteiger partial charge in [-0.05, 0) is 60.7 Å². The van der Waals surface area contributed by atoms with Crippen molar-refractivity contribution in [2.24, 2.45) is 16.8 Å². The molecule has 0 bridgehead atoms. The van der Waals surface area contributed by atoms with Crippen molar-refractivity contribution in [3.05, 3.63) is 81.7 Å². The number of nitrogens with two attached hydrogens (primary N) is 1. The molecule has 0 unspecified atom stereocenters. The number of nitrogens with one attached hydrogen (secondary N) is 3. The summed E-state index contributed by atoms with van der Waals surface area (Å²) in [6.45, 7) is 5.69. The summed E-state index contributed by atoms with van der Waals surface area (Å²) in [4.78, 5) is 42.3. The van der Waals surface area contributed by atoms with E-state index in [0.29, 0.717) is 13.0 Å². The van der Waals surface area contributed by atoms with Crippen molar-refractivity contribution < 1.29 is 22.8 Å². The first-order valence-corrected chi connectivity index (χ1v) is 16.3. The number of azide groups is 1. The van der Waals surface area contributed by atoms with E-state index in [-0.39, 0.29) is 30.9 Å². The Balaban J connectivity index is 2.10. The molecule has 0 spiro atoms. The molecule has 43 heavy (non-hydrogen) atoms. The van der Waals surface area contributed by atoms with Crippen molar-refractivity contribution in [3.8, 4) is 0 Å². The molecule has 3 amide bonds. The van der Waals surface area contributed by atoms with Crippen LogP contribution in [0.1, 0.15) is 50.3 Å². The smallest absolute Gasteiger partial charge is 0.243 e. The van der Waals surface area contributed by atoms with Gasteiger partial charge in [0.15, 0.2) is 0 Å². The van der Waals surface area contributed by atoms with Crippen LogP contribution in [0.25, 0.3) is 10.4 Å². The normalized spacial score (nSPS) is 14.1. The lowest BCUT2D eigenvalue weighted by molar-refractivity contribution is -0.132. The molecule has 234 valence electrons. The van der Waals surface area contributed by atoms with Gasteiger partial charge in [-0.3, -0.25) is 14.4 Å². The maximum atomic E-state index is 13.3. The number of hydrogen-bond donors (Lipinski definition) is 4. The molecule has 5 N–H and O–H groups in total.